The molecule has 1 aliphatic rings. The molecule has 0 radical (unpaired) electrons. The molecule has 126 valence electrons. The van der Waals surface area contributed by atoms with Gasteiger partial charge in [0.15, 0.2) is 0 Å². The number of rotatable bonds is 7. The summed E-state index contributed by atoms with van der Waals surface area (Å²) >= 11 is 0. The summed E-state index contributed by atoms with van der Waals surface area (Å²) < 4.78 is 17.5. The number of aliphatic hydroxyl groups is 1. The van der Waals surface area contributed by atoms with Crippen LogP contribution in [0.1, 0.15) is 11.1 Å². The van der Waals surface area contributed by atoms with E-state index in [0.717, 1.165) is 11.1 Å². The average Bonchev–Trinajstić information content (AvgIpc) is 2.66. The van der Waals surface area contributed by atoms with Gasteiger partial charge < -0.3 is 19.3 Å². The van der Waals surface area contributed by atoms with Crippen molar-refractivity contribution in [3.05, 3.63) is 84.1 Å². The molecule has 0 bridgehead atoms. The van der Waals surface area contributed by atoms with Crippen LogP contribution in [0.5, 0.6) is 0 Å². The van der Waals surface area contributed by atoms with Gasteiger partial charge in [-0.3, -0.25) is 0 Å². The monoisotopic (exact) mass is 326 g/mol. The van der Waals surface area contributed by atoms with E-state index >= 15 is 0 Å². The summed E-state index contributed by atoms with van der Waals surface area (Å²) in [5.41, 5.74) is 2.17. The van der Waals surface area contributed by atoms with E-state index in [1.165, 1.54) is 0 Å². The van der Waals surface area contributed by atoms with E-state index < -0.39 is 6.10 Å². The largest absolute Gasteiger partial charge is 0.493 e. The van der Waals surface area contributed by atoms with Crippen molar-refractivity contribution < 1.29 is 19.3 Å². The van der Waals surface area contributed by atoms with Gasteiger partial charge in [0.2, 0.25) is 0 Å². The van der Waals surface area contributed by atoms with Crippen LogP contribution in [0, 0.1) is 0 Å². The van der Waals surface area contributed by atoms with Gasteiger partial charge in [0.25, 0.3) is 0 Å². The minimum absolute atomic E-state index is 0.116. The molecule has 0 aromatic heterocycles. The zero-order chi connectivity index (χ0) is 16.6. The predicted octanol–water partition coefficient (Wildman–Crippen LogP) is 3.06. The van der Waals surface area contributed by atoms with E-state index in [1.54, 1.807) is 6.26 Å². The topological polar surface area (TPSA) is 47.9 Å². The quantitative estimate of drug-likeness (QED) is 0.849. The van der Waals surface area contributed by atoms with Crippen molar-refractivity contribution in [1.82, 2.24) is 0 Å². The second kappa shape index (κ2) is 8.64. The lowest BCUT2D eigenvalue weighted by Crippen LogP contribution is -2.45. The Bertz CT molecular complexity index is 627. The predicted molar refractivity (Wildman–Crippen MR) is 91.1 cm³/mol. The lowest BCUT2D eigenvalue weighted by atomic mass is 10.1. The number of hydrogen-bond acceptors (Lipinski definition) is 4. The molecule has 3 rings (SSSR count). The normalized spacial score (nSPS) is 23.0. The van der Waals surface area contributed by atoms with E-state index in [4.69, 9.17) is 14.2 Å². The SMILES string of the molecule is OC[C@H]1OC=C[C@@H](OCc2ccccc2)[C@H]1OCc1ccccc1. The molecule has 2 aromatic carbocycles. The minimum atomic E-state index is -0.431. The maximum atomic E-state index is 9.57. The van der Waals surface area contributed by atoms with Crippen LogP contribution in [0.25, 0.3) is 0 Å². The molecule has 1 N–H and O–H groups in total. The first kappa shape index (κ1) is 16.7. The molecule has 0 amide bonds. The highest BCUT2D eigenvalue weighted by Gasteiger charge is 2.33. The van der Waals surface area contributed by atoms with Crippen LogP contribution in [-0.4, -0.2) is 30.0 Å². The number of hydrogen-bond donors (Lipinski definition) is 1. The molecule has 1 heterocycles. The van der Waals surface area contributed by atoms with Crippen LogP contribution in [0.2, 0.25) is 0 Å². The summed E-state index contributed by atoms with van der Waals surface area (Å²) in [4.78, 5) is 0. The molecular weight excluding hydrogens is 304 g/mol. The van der Waals surface area contributed by atoms with Crippen molar-refractivity contribution in [2.45, 2.75) is 31.5 Å². The van der Waals surface area contributed by atoms with Gasteiger partial charge in [-0.05, 0) is 17.2 Å². The Kier molecular flexibility index (Phi) is 6.01. The van der Waals surface area contributed by atoms with Gasteiger partial charge in [-0.25, -0.2) is 0 Å². The van der Waals surface area contributed by atoms with Crippen LogP contribution >= 0.6 is 0 Å². The Morgan fingerprint density at radius 3 is 2.00 bits per heavy atom. The summed E-state index contributed by atoms with van der Waals surface area (Å²) in [6, 6.07) is 19.9. The molecule has 1 aliphatic heterocycles. The first-order valence-corrected chi connectivity index (χ1v) is 8.11. The van der Waals surface area contributed by atoms with Gasteiger partial charge in [-0.1, -0.05) is 60.7 Å². The zero-order valence-electron chi connectivity index (χ0n) is 13.5. The molecule has 3 atom stereocenters. The molecule has 4 nitrogen and oxygen atoms in total. The van der Waals surface area contributed by atoms with Crippen molar-refractivity contribution in [1.29, 1.82) is 0 Å². The molecule has 0 saturated heterocycles. The Balaban J connectivity index is 1.63. The van der Waals surface area contributed by atoms with Gasteiger partial charge in [-0.15, -0.1) is 0 Å². The van der Waals surface area contributed by atoms with Crippen molar-refractivity contribution in [3.63, 3.8) is 0 Å². The second-order valence-electron chi connectivity index (χ2n) is 5.71. The molecule has 0 saturated carbocycles. The van der Waals surface area contributed by atoms with Gasteiger partial charge in [0.1, 0.15) is 18.3 Å². The highest BCUT2D eigenvalue weighted by molar-refractivity contribution is 5.15. The summed E-state index contributed by atoms with van der Waals surface area (Å²) in [6.45, 7) is 0.818. The summed E-state index contributed by atoms with van der Waals surface area (Å²) in [5, 5.41) is 9.57. The fourth-order valence-corrected chi connectivity index (χ4v) is 2.66. The third kappa shape index (κ3) is 4.45. The Morgan fingerprint density at radius 1 is 0.833 bits per heavy atom. The molecule has 0 aliphatic carbocycles. The summed E-state index contributed by atoms with van der Waals surface area (Å²) in [5.74, 6) is 0. The Hall–Kier alpha value is -2.14. The lowest BCUT2D eigenvalue weighted by molar-refractivity contribution is -0.140. The van der Waals surface area contributed by atoms with E-state index in [2.05, 4.69) is 0 Å². The van der Waals surface area contributed by atoms with Gasteiger partial charge in [-0.2, -0.15) is 0 Å². The van der Waals surface area contributed by atoms with Gasteiger partial charge in [0.05, 0.1) is 26.1 Å². The smallest absolute Gasteiger partial charge is 0.150 e. The third-order valence-electron chi connectivity index (χ3n) is 3.96. The molecule has 24 heavy (non-hydrogen) atoms. The molecule has 2 aromatic rings. The fraction of sp³-hybridized carbons (Fsp3) is 0.300. The molecule has 4 heteroatoms. The van der Waals surface area contributed by atoms with Crippen LogP contribution in [0.15, 0.2) is 73.0 Å². The maximum absolute atomic E-state index is 9.57. The third-order valence-corrected chi connectivity index (χ3v) is 3.96. The fourth-order valence-electron chi connectivity index (χ4n) is 2.66. The standard InChI is InChI=1S/C20H22O4/c21-13-19-20(24-15-17-9-5-2-6-10-17)18(11-12-22-19)23-14-16-7-3-1-4-8-16/h1-12,18-21H,13-15H2/t18-,19-,20-/m1/s1. The Labute approximate surface area is 142 Å². The van der Waals surface area contributed by atoms with Crippen molar-refractivity contribution in [3.8, 4) is 0 Å². The lowest BCUT2D eigenvalue weighted by Gasteiger charge is -2.33. The van der Waals surface area contributed by atoms with Crippen LogP contribution < -0.4 is 0 Å². The molecule has 0 unspecified atom stereocenters. The van der Waals surface area contributed by atoms with Crippen LogP contribution in [-0.2, 0) is 27.4 Å². The van der Waals surface area contributed by atoms with Crippen LogP contribution in [0.3, 0.4) is 0 Å². The molecular formula is C20H22O4. The van der Waals surface area contributed by atoms with Gasteiger partial charge >= 0.3 is 0 Å². The number of aliphatic hydroxyl groups excluding tert-OH is 1. The first-order chi connectivity index (χ1) is 11.9. The zero-order valence-corrected chi connectivity index (χ0v) is 13.5. The van der Waals surface area contributed by atoms with E-state index in [1.807, 2.05) is 66.7 Å². The van der Waals surface area contributed by atoms with E-state index in [0.29, 0.717) is 13.2 Å². The maximum Gasteiger partial charge on any atom is 0.150 e. The highest BCUT2D eigenvalue weighted by Crippen LogP contribution is 2.21. The highest BCUT2D eigenvalue weighted by atomic mass is 16.6. The minimum Gasteiger partial charge on any atom is -0.493 e. The number of benzene rings is 2. The molecule has 0 spiro atoms. The average molecular weight is 326 g/mol. The van der Waals surface area contributed by atoms with E-state index in [-0.39, 0.29) is 18.8 Å². The van der Waals surface area contributed by atoms with Gasteiger partial charge in [0, 0.05) is 0 Å². The van der Waals surface area contributed by atoms with Crippen molar-refractivity contribution >= 4 is 0 Å². The second-order valence-corrected chi connectivity index (χ2v) is 5.71. The summed E-state index contributed by atoms with van der Waals surface area (Å²) in [7, 11) is 0. The number of ether oxygens (including phenoxy) is 3. The molecule has 0 fully saturated rings. The first-order valence-electron chi connectivity index (χ1n) is 8.11. The van der Waals surface area contributed by atoms with Crippen LogP contribution in [0.4, 0.5) is 0 Å². The van der Waals surface area contributed by atoms with Crippen molar-refractivity contribution in [2.75, 3.05) is 6.61 Å². The van der Waals surface area contributed by atoms with Crippen molar-refractivity contribution in [2.24, 2.45) is 0 Å². The Morgan fingerprint density at radius 2 is 1.42 bits per heavy atom. The summed E-state index contributed by atoms with van der Waals surface area (Å²) in [6.07, 6.45) is 2.37. The van der Waals surface area contributed by atoms with E-state index in [9.17, 15) is 5.11 Å².